The SMILES string of the molecule is COc1ccc(C=Cc2cnc(Nc3cccc(OCCN4CCCC4)c3)s2)cc1. The van der Waals surface area contributed by atoms with Gasteiger partial charge in [0, 0.05) is 29.4 Å². The molecule has 1 N–H and O–H groups in total. The Morgan fingerprint density at radius 2 is 1.90 bits per heavy atom. The van der Waals surface area contributed by atoms with E-state index >= 15 is 0 Å². The van der Waals surface area contributed by atoms with E-state index in [0.717, 1.165) is 45.9 Å². The molecule has 2 aromatic carbocycles. The molecular weight excluding hydrogens is 394 g/mol. The molecule has 1 aliphatic rings. The molecule has 0 radical (unpaired) electrons. The third-order valence-corrected chi connectivity index (χ3v) is 5.92. The summed E-state index contributed by atoms with van der Waals surface area (Å²) in [5, 5.41) is 4.24. The van der Waals surface area contributed by atoms with Crippen molar-refractivity contribution in [2.45, 2.75) is 12.8 Å². The average Bonchev–Trinajstić information content (AvgIpc) is 3.45. The number of methoxy groups -OCH3 is 1. The Bertz CT molecular complexity index is 963. The van der Waals surface area contributed by atoms with E-state index in [1.54, 1.807) is 18.4 Å². The lowest BCUT2D eigenvalue weighted by Gasteiger charge is -2.15. The monoisotopic (exact) mass is 421 g/mol. The van der Waals surface area contributed by atoms with E-state index in [-0.39, 0.29) is 0 Å². The summed E-state index contributed by atoms with van der Waals surface area (Å²) in [4.78, 5) is 8.03. The van der Waals surface area contributed by atoms with E-state index in [1.165, 1.54) is 25.9 Å². The predicted molar refractivity (Wildman–Crippen MR) is 125 cm³/mol. The van der Waals surface area contributed by atoms with Crippen molar-refractivity contribution in [2.75, 3.05) is 38.7 Å². The molecule has 0 bridgehead atoms. The summed E-state index contributed by atoms with van der Waals surface area (Å²) >= 11 is 1.61. The number of nitrogens with zero attached hydrogens (tertiary/aromatic N) is 2. The number of nitrogens with one attached hydrogen (secondary N) is 1. The minimum atomic E-state index is 0.723. The second-order valence-corrected chi connectivity index (χ2v) is 8.29. The number of rotatable bonds is 9. The molecule has 3 aromatic rings. The van der Waals surface area contributed by atoms with Gasteiger partial charge >= 0.3 is 0 Å². The molecule has 4 rings (SSSR count). The lowest BCUT2D eigenvalue weighted by molar-refractivity contribution is 0.238. The third-order valence-electron chi connectivity index (χ3n) is 5.04. The van der Waals surface area contributed by atoms with Gasteiger partial charge in [0.15, 0.2) is 5.13 Å². The van der Waals surface area contributed by atoms with E-state index in [9.17, 15) is 0 Å². The van der Waals surface area contributed by atoms with Crippen molar-refractivity contribution in [3.63, 3.8) is 0 Å². The van der Waals surface area contributed by atoms with Gasteiger partial charge in [-0.05, 0) is 61.8 Å². The molecule has 156 valence electrons. The summed E-state index contributed by atoms with van der Waals surface area (Å²) < 4.78 is 11.1. The van der Waals surface area contributed by atoms with E-state index in [2.05, 4.69) is 27.4 Å². The van der Waals surface area contributed by atoms with Gasteiger partial charge in [0.05, 0.1) is 7.11 Å². The fourth-order valence-electron chi connectivity index (χ4n) is 3.40. The van der Waals surface area contributed by atoms with Gasteiger partial charge < -0.3 is 14.8 Å². The summed E-state index contributed by atoms with van der Waals surface area (Å²) in [5.74, 6) is 1.74. The highest BCUT2D eigenvalue weighted by Crippen LogP contribution is 2.26. The van der Waals surface area contributed by atoms with Crippen molar-refractivity contribution in [1.29, 1.82) is 0 Å². The maximum absolute atomic E-state index is 5.94. The van der Waals surface area contributed by atoms with Crippen LogP contribution in [0.2, 0.25) is 0 Å². The highest BCUT2D eigenvalue weighted by Gasteiger charge is 2.10. The van der Waals surface area contributed by atoms with Crippen molar-refractivity contribution < 1.29 is 9.47 Å². The zero-order valence-corrected chi connectivity index (χ0v) is 18.0. The molecule has 0 saturated carbocycles. The molecule has 5 nitrogen and oxygen atoms in total. The molecule has 0 amide bonds. The molecule has 6 heteroatoms. The molecule has 1 fully saturated rings. The minimum absolute atomic E-state index is 0.723. The average molecular weight is 422 g/mol. The number of likely N-dealkylation sites (tertiary alicyclic amines) is 1. The summed E-state index contributed by atoms with van der Waals surface area (Å²) in [7, 11) is 1.67. The first-order valence-corrected chi connectivity index (χ1v) is 11.1. The highest BCUT2D eigenvalue weighted by atomic mass is 32.1. The van der Waals surface area contributed by atoms with Crippen molar-refractivity contribution in [1.82, 2.24) is 9.88 Å². The molecule has 1 saturated heterocycles. The lowest BCUT2D eigenvalue weighted by atomic mass is 10.2. The molecule has 30 heavy (non-hydrogen) atoms. The molecule has 1 aromatic heterocycles. The first-order valence-electron chi connectivity index (χ1n) is 10.3. The Hall–Kier alpha value is -2.83. The van der Waals surface area contributed by atoms with E-state index < -0.39 is 0 Å². The topological polar surface area (TPSA) is 46.6 Å². The molecule has 0 atom stereocenters. The van der Waals surface area contributed by atoms with Gasteiger partial charge in [-0.25, -0.2) is 4.98 Å². The van der Waals surface area contributed by atoms with Crippen molar-refractivity contribution in [3.8, 4) is 11.5 Å². The van der Waals surface area contributed by atoms with Gasteiger partial charge in [0.1, 0.15) is 18.1 Å². The molecule has 0 unspecified atom stereocenters. The van der Waals surface area contributed by atoms with E-state index in [0.29, 0.717) is 0 Å². The van der Waals surface area contributed by atoms with Gasteiger partial charge in [-0.2, -0.15) is 0 Å². The number of anilines is 2. The second-order valence-electron chi connectivity index (χ2n) is 7.22. The van der Waals surface area contributed by atoms with Crippen LogP contribution in [0, 0.1) is 0 Å². The van der Waals surface area contributed by atoms with Gasteiger partial charge in [0.25, 0.3) is 0 Å². The van der Waals surface area contributed by atoms with Crippen molar-refractivity contribution in [3.05, 3.63) is 65.2 Å². The van der Waals surface area contributed by atoms with Crippen LogP contribution in [-0.2, 0) is 0 Å². The van der Waals surface area contributed by atoms with Gasteiger partial charge in [-0.15, -0.1) is 0 Å². The number of ether oxygens (including phenoxy) is 2. The Kier molecular flexibility index (Phi) is 7.00. The fourth-order valence-corrected chi connectivity index (χ4v) is 4.14. The number of benzene rings is 2. The first-order chi connectivity index (χ1) is 14.8. The summed E-state index contributed by atoms with van der Waals surface area (Å²) in [6.45, 7) is 4.11. The normalized spacial score (nSPS) is 14.3. The van der Waals surface area contributed by atoms with Crippen molar-refractivity contribution >= 4 is 34.3 Å². The second kappa shape index (κ2) is 10.3. The van der Waals surface area contributed by atoms with Crippen LogP contribution >= 0.6 is 11.3 Å². The van der Waals surface area contributed by atoms with Gasteiger partial charge in [-0.3, -0.25) is 4.90 Å². The lowest BCUT2D eigenvalue weighted by Crippen LogP contribution is -2.25. The van der Waals surface area contributed by atoms with E-state index in [4.69, 9.17) is 9.47 Å². The Morgan fingerprint density at radius 1 is 1.07 bits per heavy atom. The largest absolute Gasteiger partial charge is 0.497 e. The highest BCUT2D eigenvalue weighted by molar-refractivity contribution is 7.16. The summed E-state index contributed by atoms with van der Waals surface area (Å²) in [6, 6.07) is 16.0. The van der Waals surface area contributed by atoms with Gasteiger partial charge in [-0.1, -0.05) is 35.6 Å². The quantitative estimate of drug-likeness (QED) is 0.491. The van der Waals surface area contributed by atoms with Crippen LogP contribution in [0.25, 0.3) is 12.2 Å². The molecule has 0 aliphatic carbocycles. The van der Waals surface area contributed by atoms with Crippen LogP contribution in [0.5, 0.6) is 11.5 Å². The Balaban J connectivity index is 1.31. The number of aromatic nitrogens is 1. The number of hydrogen-bond acceptors (Lipinski definition) is 6. The van der Waals surface area contributed by atoms with E-state index in [1.807, 2.05) is 54.7 Å². The predicted octanol–water partition coefficient (Wildman–Crippen LogP) is 5.54. The first kappa shape index (κ1) is 20.4. The molecular formula is C24H27N3O2S. The minimum Gasteiger partial charge on any atom is -0.497 e. The standard InChI is InChI=1S/C24H27N3O2S/c1-28-21-10-7-19(8-11-21)9-12-23-18-25-24(30-23)26-20-5-4-6-22(17-20)29-16-15-27-13-2-3-14-27/h4-12,17-18H,2-3,13-16H2,1H3,(H,25,26). The Labute approximate surface area is 182 Å². The Morgan fingerprint density at radius 3 is 2.70 bits per heavy atom. The maximum atomic E-state index is 5.94. The number of thiazole rings is 1. The molecule has 2 heterocycles. The van der Waals surface area contributed by atoms with Crippen LogP contribution in [-0.4, -0.2) is 43.2 Å². The number of hydrogen-bond donors (Lipinski definition) is 1. The van der Waals surface area contributed by atoms with Crippen LogP contribution < -0.4 is 14.8 Å². The fraction of sp³-hybridized carbons (Fsp3) is 0.292. The molecule has 0 spiro atoms. The smallest absolute Gasteiger partial charge is 0.187 e. The van der Waals surface area contributed by atoms with Crippen LogP contribution in [0.1, 0.15) is 23.3 Å². The van der Waals surface area contributed by atoms with Crippen LogP contribution in [0.15, 0.2) is 54.7 Å². The summed E-state index contributed by atoms with van der Waals surface area (Å²) in [5.41, 5.74) is 2.10. The van der Waals surface area contributed by atoms with Crippen LogP contribution in [0.4, 0.5) is 10.8 Å². The maximum Gasteiger partial charge on any atom is 0.187 e. The van der Waals surface area contributed by atoms with Crippen LogP contribution in [0.3, 0.4) is 0 Å². The van der Waals surface area contributed by atoms with Gasteiger partial charge in [0.2, 0.25) is 0 Å². The third kappa shape index (κ3) is 5.84. The molecule has 1 aliphatic heterocycles. The summed E-state index contributed by atoms with van der Waals surface area (Å²) in [6.07, 6.45) is 8.65. The van der Waals surface area contributed by atoms with Crippen molar-refractivity contribution in [2.24, 2.45) is 0 Å². The zero-order chi connectivity index (χ0) is 20.6. The zero-order valence-electron chi connectivity index (χ0n) is 17.2.